The number of halogens is 2. The molecule has 0 aliphatic heterocycles. The lowest BCUT2D eigenvalue weighted by Gasteiger charge is -2.19. The van der Waals surface area contributed by atoms with Crippen molar-refractivity contribution in [2.75, 3.05) is 5.32 Å². The largest absolute Gasteiger partial charge is 0.478 e. The van der Waals surface area contributed by atoms with Gasteiger partial charge in [0.25, 0.3) is 5.56 Å². The molecule has 0 saturated heterocycles. The summed E-state index contributed by atoms with van der Waals surface area (Å²) in [5.74, 6) is -1.76. The van der Waals surface area contributed by atoms with Gasteiger partial charge in [-0.3, -0.25) is 9.20 Å². The zero-order chi connectivity index (χ0) is 22.1. The lowest BCUT2D eigenvalue weighted by atomic mass is 10.1. The van der Waals surface area contributed by atoms with Gasteiger partial charge in [-0.1, -0.05) is 41.9 Å². The zero-order valence-corrected chi connectivity index (χ0v) is 17.1. The number of carboxylic acid groups (broad SMARTS) is 1. The van der Waals surface area contributed by atoms with E-state index in [4.69, 9.17) is 11.6 Å². The van der Waals surface area contributed by atoms with Crippen molar-refractivity contribution in [1.29, 1.82) is 0 Å². The van der Waals surface area contributed by atoms with Crippen LogP contribution >= 0.6 is 11.6 Å². The molecule has 2 heterocycles. The van der Waals surface area contributed by atoms with Gasteiger partial charge in [0.05, 0.1) is 17.3 Å². The van der Waals surface area contributed by atoms with Gasteiger partial charge in [-0.05, 0) is 31.2 Å². The van der Waals surface area contributed by atoms with Gasteiger partial charge >= 0.3 is 5.97 Å². The molecule has 8 heteroatoms. The molecular formula is C23H17ClFN3O3. The van der Waals surface area contributed by atoms with Gasteiger partial charge in [-0.25, -0.2) is 14.2 Å². The van der Waals surface area contributed by atoms with Crippen LogP contribution in [-0.2, 0) is 0 Å². The highest BCUT2D eigenvalue weighted by molar-refractivity contribution is 6.31. The van der Waals surface area contributed by atoms with Crippen LogP contribution in [0.15, 0.2) is 71.7 Å². The highest BCUT2D eigenvalue weighted by Crippen LogP contribution is 2.28. The molecule has 0 aliphatic rings. The molecular weight excluding hydrogens is 421 g/mol. The number of pyridine rings is 1. The molecule has 0 unspecified atom stereocenters. The van der Waals surface area contributed by atoms with Crippen molar-refractivity contribution < 1.29 is 14.3 Å². The van der Waals surface area contributed by atoms with Crippen LogP contribution in [-0.4, -0.2) is 20.5 Å². The second kappa shape index (κ2) is 8.20. The van der Waals surface area contributed by atoms with Gasteiger partial charge in [0.1, 0.15) is 11.5 Å². The summed E-state index contributed by atoms with van der Waals surface area (Å²) in [5, 5.41) is 12.8. The van der Waals surface area contributed by atoms with Crippen molar-refractivity contribution in [3.05, 3.63) is 99.2 Å². The van der Waals surface area contributed by atoms with Crippen LogP contribution in [0, 0.1) is 5.82 Å². The van der Waals surface area contributed by atoms with E-state index in [9.17, 15) is 19.1 Å². The van der Waals surface area contributed by atoms with E-state index in [1.165, 1.54) is 18.2 Å². The number of hydrogen-bond acceptors (Lipinski definition) is 4. The summed E-state index contributed by atoms with van der Waals surface area (Å²) in [6.07, 6.45) is 1.08. The molecule has 6 nitrogen and oxygen atoms in total. The SMILES string of the molecule is C[C@@H](Nc1ccc(Cl)cc1C(=O)O)c1cc(F)cn2c(=O)cc(-c3ccccc3)nc12. The number of aromatic carboxylic acids is 1. The predicted molar refractivity (Wildman–Crippen MR) is 117 cm³/mol. The fourth-order valence-electron chi connectivity index (χ4n) is 3.40. The summed E-state index contributed by atoms with van der Waals surface area (Å²) in [6.45, 7) is 1.73. The Balaban J connectivity index is 1.84. The number of anilines is 1. The Morgan fingerprint density at radius 2 is 1.90 bits per heavy atom. The Morgan fingerprint density at radius 3 is 2.61 bits per heavy atom. The smallest absolute Gasteiger partial charge is 0.337 e. The van der Waals surface area contributed by atoms with Crippen LogP contribution in [0.5, 0.6) is 0 Å². The molecule has 31 heavy (non-hydrogen) atoms. The van der Waals surface area contributed by atoms with E-state index in [2.05, 4.69) is 10.3 Å². The molecule has 4 rings (SSSR count). The predicted octanol–water partition coefficient (Wildman–Crippen LogP) is 5.03. The van der Waals surface area contributed by atoms with E-state index in [1.54, 1.807) is 19.1 Å². The fraction of sp³-hybridized carbons (Fsp3) is 0.0870. The molecule has 0 amide bonds. The number of nitrogens with zero attached hydrogens (tertiary/aromatic N) is 2. The standard InChI is InChI=1S/C23H17ClFN3O3/c1-13(26-19-8-7-15(24)9-18(19)23(30)31)17-10-16(25)12-28-21(29)11-20(27-22(17)28)14-5-3-2-4-6-14/h2-13,26H,1H3,(H,30,31)/t13-/m1/s1. The van der Waals surface area contributed by atoms with Crippen molar-refractivity contribution in [2.45, 2.75) is 13.0 Å². The van der Waals surface area contributed by atoms with E-state index in [0.717, 1.165) is 16.2 Å². The first kappa shape index (κ1) is 20.6. The molecule has 0 saturated carbocycles. The van der Waals surface area contributed by atoms with E-state index >= 15 is 0 Å². The third-order valence-electron chi connectivity index (χ3n) is 4.88. The first-order valence-corrected chi connectivity index (χ1v) is 9.79. The van der Waals surface area contributed by atoms with E-state index in [-0.39, 0.29) is 16.2 Å². The van der Waals surface area contributed by atoms with E-state index in [0.29, 0.717) is 16.9 Å². The van der Waals surface area contributed by atoms with Crippen LogP contribution in [0.2, 0.25) is 5.02 Å². The summed E-state index contributed by atoms with van der Waals surface area (Å²) in [6, 6.07) is 15.7. The quantitative estimate of drug-likeness (QED) is 0.457. The third kappa shape index (κ3) is 4.13. The lowest BCUT2D eigenvalue weighted by molar-refractivity contribution is 0.0698. The van der Waals surface area contributed by atoms with E-state index < -0.39 is 23.4 Å². The number of rotatable bonds is 5. The molecule has 4 aromatic rings. The molecule has 0 fully saturated rings. The Morgan fingerprint density at radius 1 is 1.16 bits per heavy atom. The Kier molecular flexibility index (Phi) is 5.44. The van der Waals surface area contributed by atoms with Crippen molar-refractivity contribution in [2.24, 2.45) is 0 Å². The number of benzene rings is 2. The maximum atomic E-state index is 14.3. The normalized spacial score (nSPS) is 12.0. The molecule has 2 N–H and O–H groups in total. The Bertz CT molecular complexity index is 1360. The monoisotopic (exact) mass is 437 g/mol. The minimum absolute atomic E-state index is 0.0184. The van der Waals surface area contributed by atoms with E-state index in [1.807, 2.05) is 30.3 Å². The average molecular weight is 438 g/mol. The van der Waals surface area contributed by atoms with Gasteiger partial charge in [0.2, 0.25) is 0 Å². The number of aromatic nitrogens is 2. The van der Waals surface area contributed by atoms with Crippen molar-refractivity contribution in [3.8, 4) is 11.3 Å². The molecule has 0 radical (unpaired) electrons. The van der Waals surface area contributed by atoms with Crippen LogP contribution in [0.1, 0.15) is 28.9 Å². The summed E-state index contributed by atoms with van der Waals surface area (Å²) in [5.41, 5.74) is 1.77. The lowest BCUT2D eigenvalue weighted by Crippen LogP contribution is -2.19. The highest BCUT2D eigenvalue weighted by atomic mass is 35.5. The zero-order valence-electron chi connectivity index (χ0n) is 16.3. The minimum Gasteiger partial charge on any atom is -0.478 e. The molecule has 2 aromatic heterocycles. The Labute approximate surface area is 181 Å². The first-order valence-electron chi connectivity index (χ1n) is 9.41. The Hall–Kier alpha value is -3.71. The maximum Gasteiger partial charge on any atom is 0.337 e. The molecule has 0 bridgehead atoms. The second-order valence-corrected chi connectivity index (χ2v) is 7.45. The molecule has 156 valence electrons. The number of carboxylic acids is 1. The minimum atomic E-state index is -1.15. The summed E-state index contributed by atoms with van der Waals surface area (Å²) in [4.78, 5) is 28.9. The fourth-order valence-corrected chi connectivity index (χ4v) is 3.57. The first-order chi connectivity index (χ1) is 14.8. The topological polar surface area (TPSA) is 83.7 Å². The molecule has 0 spiro atoms. The molecule has 1 atom stereocenters. The average Bonchev–Trinajstić information content (AvgIpc) is 2.75. The van der Waals surface area contributed by atoms with Gasteiger partial charge in [-0.2, -0.15) is 0 Å². The summed E-state index contributed by atoms with van der Waals surface area (Å²) >= 11 is 5.92. The van der Waals surface area contributed by atoms with Gasteiger partial charge in [0.15, 0.2) is 0 Å². The number of carbonyl (C=O) groups is 1. The number of hydrogen-bond donors (Lipinski definition) is 2. The van der Waals surface area contributed by atoms with Crippen LogP contribution in [0.3, 0.4) is 0 Å². The van der Waals surface area contributed by atoms with Gasteiger partial charge in [-0.15, -0.1) is 0 Å². The molecule has 2 aromatic carbocycles. The second-order valence-electron chi connectivity index (χ2n) is 7.01. The van der Waals surface area contributed by atoms with Crippen LogP contribution < -0.4 is 10.9 Å². The number of fused-ring (bicyclic) bond motifs is 1. The van der Waals surface area contributed by atoms with Crippen molar-refractivity contribution >= 4 is 28.9 Å². The van der Waals surface area contributed by atoms with Crippen molar-refractivity contribution in [3.63, 3.8) is 0 Å². The highest BCUT2D eigenvalue weighted by Gasteiger charge is 2.18. The van der Waals surface area contributed by atoms with Crippen LogP contribution in [0.25, 0.3) is 16.9 Å². The van der Waals surface area contributed by atoms with Crippen LogP contribution in [0.4, 0.5) is 10.1 Å². The van der Waals surface area contributed by atoms with Gasteiger partial charge < -0.3 is 10.4 Å². The molecule has 0 aliphatic carbocycles. The maximum absolute atomic E-state index is 14.3. The van der Waals surface area contributed by atoms with Gasteiger partial charge in [0, 0.05) is 34.1 Å². The van der Waals surface area contributed by atoms with Crippen molar-refractivity contribution in [1.82, 2.24) is 9.38 Å². The summed E-state index contributed by atoms with van der Waals surface area (Å²) < 4.78 is 15.5. The summed E-state index contributed by atoms with van der Waals surface area (Å²) in [7, 11) is 0. The number of nitrogens with one attached hydrogen (secondary N) is 1. The third-order valence-corrected chi connectivity index (χ3v) is 5.11.